The van der Waals surface area contributed by atoms with Crippen molar-refractivity contribution in [1.82, 2.24) is 30.2 Å². The van der Waals surface area contributed by atoms with Gasteiger partial charge in [0.1, 0.15) is 5.82 Å². The minimum absolute atomic E-state index is 0.148. The average Bonchev–Trinajstić information content (AvgIpc) is 3.10. The zero-order valence-corrected chi connectivity index (χ0v) is 12.9. The van der Waals surface area contributed by atoms with Crippen LogP contribution in [0.4, 0.5) is 5.82 Å². The van der Waals surface area contributed by atoms with Crippen LogP contribution in [0.5, 0.6) is 0 Å². The molecule has 2 N–H and O–H groups in total. The summed E-state index contributed by atoms with van der Waals surface area (Å²) in [5.74, 6) is 1.29. The lowest BCUT2D eigenvalue weighted by molar-refractivity contribution is 0.759. The molecule has 0 aromatic carbocycles. The molecule has 23 heavy (non-hydrogen) atoms. The van der Waals surface area contributed by atoms with Crippen LogP contribution in [0.25, 0.3) is 17.1 Å². The number of aromatic amines is 1. The van der Waals surface area contributed by atoms with Gasteiger partial charge >= 0.3 is 0 Å². The van der Waals surface area contributed by atoms with Crippen LogP contribution in [-0.2, 0) is 0 Å². The zero-order valence-electron chi connectivity index (χ0n) is 12.9. The van der Waals surface area contributed by atoms with Gasteiger partial charge in [0, 0.05) is 23.9 Å². The lowest BCUT2D eigenvalue weighted by Crippen LogP contribution is -2.18. The van der Waals surface area contributed by atoms with E-state index in [1.165, 1.54) is 10.6 Å². The van der Waals surface area contributed by atoms with E-state index in [9.17, 15) is 4.79 Å². The van der Waals surface area contributed by atoms with Gasteiger partial charge in [-0.15, -0.1) is 5.10 Å². The Hall–Kier alpha value is -3.03. The van der Waals surface area contributed by atoms with E-state index in [2.05, 4.69) is 44.8 Å². The molecule has 0 amide bonds. The van der Waals surface area contributed by atoms with E-state index in [4.69, 9.17) is 0 Å². The molecule has 118 valence electrons. The molecule has 0 saturated heterocycles. The van der Waals surface area contributed by atoms with Crippen molar-refractivity contribution < 1.29 is 0 Å². The number of hydrogen-bond donors (Lipinski definition) is 2. The number of tetrazole rings is 1. The summed E-state index contributed by atoms with van der Waals surface area (Å²) >= 11 is 0. The van der Waals surface area contributed by atoms with Crippen molar-refractivity contribution in [3.63, 3.8) is 0 Å². The van der Waals surface area contributed by atoms with E-state index in [-0.39, 0.29) is 5.56 Å². The maximum atomic E-state index is 12.1. The van der Waals surface area contributed by atoms with Crippen LogP contribution in [0, 0.1) is 0 Å². The number of hydrogen-bond acceptors (Lipinski definition) is 6. The number of nitrogens with one attached hydrogen (secondary N) is 2. The standard InChI is InChI=1S/C15H17N7O/c1-3-10(2)17-13-6-5-12(8-16-13)22-9-11(4-7-14(22)23)15-18-20-21-19-15/h4-10H,3H2,1-2H3,(H,16,17)(H,18,19,20,21). The number of aromatic nitrogens is 6. The van der Waals surface area contributed by atoms with Crippen molar-refractivity contribution in [1.29, 1.82) is 0 Å². The molecule has 0 aliphatic heterocycles. The molecule has 3 aromatic heterocycles. The Kier molecular flexibility index (Phi) is 4.13. The fourth-order valence-corrected chi connectivity index (χ4v) is 2.08. The second kappa shape index (κ2) is 6.39. The van der Waals surface area contributed by atoms with Crippen molar-refractivity contribution in [2.24, 2.45) is 0 Å². The number of H-pyrrole nitrogens is 1. The van der Waals surface area contributed by atoms with Crippen LogP contribution in [-0.4, -0.2) is 36.2 Å². The summed E-state index contributed by atoms with van der Waals surface area (Å²) < 4.78 is 1.51. The lowest BCUT2D eigenvalue weighted by Gasteiger charge is -2.12. The van der Waals surface area contributed by atoms with Gasteiger partial charge in [-0.05, 0) is 42.0 Å². The molecular formula is C15H17N7O. The third-order valence-electron chi connectivity index (χ3n) is 3.56. The first-order chi connectivity index (χ1) is 11.2. The Morgan fingerprint density at radius 3 is 2.83 bits per heavy atom. The van der Waals surface area contributed by atoms with E-state index >= 15 is 0 Å². The first kappa shape index (κ1) is 14.9. The molecule has 0 bridgehead atoms. The summed E-state index contributed by atoms with van der Waals surface area (Å²) in [6, 6.07) is 7.20. The van der Waals surface area contributed by atoms with Gasteiger partial charge in [-0.1, -0.05) is 6.92 Å². The summed E-state index contributed by atoms with van der Waals surface area (Å²) in [7, 11) is 0. The van der Waals surface area contributed by atoms with Crippen LogP contribution in [0.2, 0.25) is 0 Å². The zero-order chi connectivity index (χ0) is 16.2. The molecule has 0 saturated carbocycles. The summed E-state index contributed by atoms with van der Waals surface area (Å²) in [6.07, 6.45) is 4.36. The molecule has 0 radical (unpaired) electrons. The normalized spacial score (nSPS) is 12.1. The number of rotatable bonds is 5. The summed E-state index contributed by atoms with van der Waals surface area (Å²) in [5.41, 5.74) is 1.25. The molecule has 3 rings (SSSR count). The van der Waals surface area contributed by atoms with Crippen LogP contribution in [0.1, 0.15) is 20.3 Å². The van der Waals surface area contributed by atoms with Gasteiger partial charge in [0.2, 0.25) is 0 Å². The van der Waals surface area contributed by atoms with Crippen LogP contribution in [0.15, 0.2) is 41.5 Å². The minimum atomic E-state index is -0.148. The van der Waals surface area contributed by atoms with Crippen LogP contribution < -0.4 is 10.9 Å². The van der Waals surface area contributed by atoms with Gasteiger partial charge < -0.3 is 5.32 Å². The van der Waals surface area contributed by atoms with Crippen molar-refractivity contribution in [2.45, 2.75) is 26.3 Å². The molecule has 3 aromatic rings. The smallest absolute Gasteiger partial charge is 0.255 e. The highest BCUT2D eigenvalue weighted by atomic mass is 16.1. The van der Waals surface area contributed by atoms with E-state index in [1.54, 1.807) is 18.5 Å². The largest absolute Gasteiger partial charge is 0.368 e. The summed E-state index contributed by atoms with van der Waals surface area (Å²) in [4.78, 5) is 16.5. The third kappa shape index (κ3) is 3.25. The summed E-state index contributed by atoms with van der Waals surface area (Å²) in [5, 5.41) is 16.9. The van der Waals surface area contributed by atoms with E-state index in [0.717, 1.165) is 17.8 Å². The third-order valence-corrected chi connectivity index (χ3v) is 3.56. The highest BCUT2D eigenvalue weighted by Gasteiger charge is 2.07. The predicted octanol–water partition coefficient (Wildman–Crippen LogP) is 1.62. The molecule has 0 aliphatic carbocycles. The topological polar surface area (TPSA) is 101 Å². The monoisotopic (exact) mass is 311 g/mol. The Morgan fingerprint density at radius 2 is 2.17 bits per heavy atom. The van der Waals surface area contributed by atoms with E-state index in [0.29, 0.717) is 17.6 Å². The van der Waals surface area contributed by atoms with Gasteiger partial charge in [0.25, 0.3) is 5.56 Å². The van der Waals surface area contributed by atoms with Crippen molar-refractivity contribution >= 4 is 5.82 Å². The molecular weight excluding hydrogens is 294 g/mol. The second-order valence-corrected chi connectivity index (χ2v) is 5.23. The van der Waals surface area contributed by atoms with E-state index < -0.39 is 0 Å². The van der Waals surface area contributed by atoms with Crippen molar-refractivity contribution in [3.05, 3.63) is 47.0 Å². The highest BCUT2D eigenvalue weighted by Crippen LogP contribution is 2.14. The fraction of sp³-hybridized carbons (Fsp3) is 0.267. The van der Waals surface area contributed by atoms with Crippen molar-refractivity contribution in [3.8, 4) is 17.1 Å². The Morgan fingerprint density at radius 1 is 1.30 bits per heavy atom. The van der Waals surface area contributed by atoms with Gasteiger partial charge in [-0.3, -0.25) is 9.36 Å². The maximum absolute atomic E-state index is 12.1. The predicted molar refractivity (Wildman–Crippen MR) is 86.4 cm³/mol. The molecule has 8 nitrogen and oxygen atoms in total. The fourth-order valence-electron chi connectivity index (χ4n) is 2.08. The van der Waals surface area contributed by atoms with Crippen LogP contribution >= 0.6 is 0 Å². The van der Waals surface area contributed by atoms with Crippen molar-refractivity contribution in [2.75, 3.05) is 5.32 Å². The summed E-state index contributed by atoms with van der Waals surface area (Å²) in [6.45, 7) is 4.20. The Labute approximate surface area is 132 Å². The first-order valence-electron chi connectivity index (χ1n) is 7.37. The molecule has 0 spiro atoms. The van der Waals surface area contributed by atoms with Crippen LogP contribution in [0.3, 0.4) is 0 Å². The molecule has 1 atom stereocenters. The SMILES string of the molecule is CCC(C)Nc1ccc(-n2cc(-c3nnn[nH]3)ccc2=O)cn1. The quantitative estimate of drug-likeness (QED) is 0.742. The Balaban J connectivity index is 1.92. The van der Waals surface area contributed by atoms with Gasteiger partial charge in [0.15, 0.2) is 5.82 Å². The maximum Gasteiger partial charge on any atom is 0.255 e. The lowest BCUT2D eigenvalue weighted by atomic mass is 10.2. The number of nitrogens with zero attached hydrogens (tertiary/aromatic N) is 5. The molecule has 8 heteroatoms. The first-order valence-corrected chi connectivity index (χ1v) is 7.37. The second-order valence-electron chi connectivity index (χ2n) is 5.23. The molecule has 3 heterocycles. The van der Waals surface area contributed by atoms with E-state index in [1.807, 2.05) is 12.1 Å². The number of pyridine rings is 2. The molecule has 0 aliphatic rings. The number of anilines is 1. The molecule has 1 unspecified atom stereocenters. The average molecular weight is 311 g/mol. The highest BCUT2D eigenvalue weighted by molar-refractivity contribution is 5.53. The van der Waals surface area contributed by atoms with Gasteiger partial charge in [-0.25, -0.2) is 10.1 Å². The van der Waals surface area contributed by atoms with Gasteiger partial charge in [0.05, 0.1) is 11.9 Å². The molecule has 0 fully saturated rings. The minimum Gasteiger partial charge on any atom is -0.368 e. The Bertz CT molecular complexity index is 824. The van der Waals surface area contributed by atoms with Gasteiger partial charge in [-0.2, -0.15) is 0 Å².